The average Bonchev–Trinajstić information content (AvgIpc) is 3.28. The number of hydrogen-bond donors (Lipinski definition) is 3. The zero-order chi connectivity index (χ0) is 28.9. The minimum atomic E-state index is -4.10. The molecule has 4 rings (SSSR count). The van der Waals surface area contributed by atoms with Crippen molar-refractivity contribution < 1.29 is 27.1 Å². The number of amides is 2. The first-order valence-corrected chi connectivity index (χ1v) is 14.6. The van der Waals surface area contributed by atoms with Gasteiger partial charge >= 0.3 is 0 Å². The van der Waals surface area contributed by atoms with Crippen molar-refractivity contribution in [3.05, 3.63) is 100.0 Å². The number of carbonyl (C=O) groups is 2. The summed E-state index contributed by atoms with van der Waals surface area (Å²) < 4.78 is 47.1. The maximum absolute atomic E-state index is 13.8. The second-order valence-electron chi connectivity index (χ2n) is 9.64. The fraction of sp³-hybridized carbons (Fsp3) is 0.267. The van der Waals surface area contributed by atoms with Gasteiger partial charge in [0.05, 0.1) is 17.9 Å². The van der Waals surface area contributed by atoms with Gasteiger partial charge in [0.15, 0.2) is 0 Å². The minimum Gasteiger partial charge on any atom is -0.494 e. The van der Waals surface area contributed by atoms with E-state index in [1.807, 2.05) is 50.2 Å². The third kappa shape index (κ3) is 6.87. The number of aromatic nitrogens is 1. The summed E-state index contributed by atoms with van der Waals surface area (Å²) in [6.45, 7) is 6.27. The Hall–Kier alpha value is -4.18. The van der Waals surface area contributed by atoms with Gasteiger partial charge in [-0.2, -0.15) is 0 Å². The van der Waals surface area contributed by atoms with Gasteiger partial charge in [-0.1, -0.05) is 30.3 Å². The van der Waals surface area contributed by atoms with E-state index in [-0.39, 0.29) is 17.8 Å². The molecule has 0 fully saturated rings. The van der Waals surface area contributed by atoms with E-state index in [9.17, 15) is 22.4 Å². The molecule has 2 amide bonds. The zero-order valence-electron chi connectivity index (χ0n) is 22.6. The number of carbonyl (C=O) groups excluding carboxylic acids is 2. The molecule has 210 valence electrons. The Labute approximate surface area is 233 Å². The summed E-state index contributed by atoms with van der Waals surface area (Å²) in [6, 6.07) is 16.7. The van der Waals surface area contributed by atoms with Gasteiger partial charge in [-0.05, 0) is 86.2 Å². The summed E-state index contributed by atoms with van der Waals surface area (Å²) in [5, 5.41) is 3.19. The highest BCUT2D eigenvalue weighted by Crippen LogP contribution is 2.25. The van der Waals surface area contributed by atoms with E-state index < -0.39 is 33.4 Å². The van der Waals surface area contributed by atoms with Gasteiger partial charge in [0.1, 0.15) is 17.3 Å². The van der Waals surface area contributed by atoms with Gasteiger partial charge in [-0.25, -0.2) is 17.5 Å². The van der Waals surface area contributed by atoms with E-state index in [1.54, 1.807) is 0 Å². The number of ether oxygens (including phenoxy) is 1. The number of halogens is 1. The molecule has 8 nitrogen and oxygen atoms in total. The van der Waals surface area contributed by atoms with Gasteiger partial charge in [0, 0.05) is 17.4 Å². The number of aryl methyl sites for hydroxylation is 3. The lowest BCUT2D eigenvalue weighted by molar-refractivity contribution is 0.0950. The van der Waals surface area contributed by atoms with Gasteiger partial charge in [0.2, 0.25) is 10.0 Å². The van der Waals surface area contributed by atoms with Crippen LogP contribution in [0.2, 0.25) is 0 Å². The molecule has 1 heterocycles. The molecule has 0 unspecified atom stereocenters. The van der Waals surface area contributed by atoms with E-state index in [4.69, 9.17) is 4.74 Å². The number of rotatable bonds is 11. The molecule has 0 atom stereocenters. The van der Waals surface area contributed by atoms with Crippen LogP contribution in [0.15, 0.2) is 60.7 Å². The van der Waals surface area contributed by atoms with Crippen LogP contribution in [0.25, 0.3) is 10.9 Å². The number of benzene rings is 3. The molecule has 0 saturated carbocycles. The Morgan fingerprint density at radius 2 is 1.62 bits per heavy atom. The molecule has 0 spiro atoms. The molecule has 0 saturated heterocycles. The van der Waals surface area contributed by atoms with E-state index in [2.05, 4.69) is 21.9 Å². The van der Waals surface area contributed by atoms with Crippen molar-refractivity contribution in [2.75, 3.05) is 18.9 Å². The van der Waals surface area contributed by atoms with Crippen molar-refractivity contribution in [1.82, 2.24) is 15.0 Å². The highest BCUT2D eigenvalue weighted by Gasteiger charge is 2.22. The minimum absolute atomic E-state index is 0.155. The summed E-state index contributed by atoms with van der Waals surface area (Å²) in [5.41, 5.74) is 4.89. The highest BCUT2D eigenvalue weighted by atomic mass is 32.2. The van der Waals surface area contributed by atoms with Gasteiger partial charge in [-0.15, -0.1) is 0 Å². The number of H-pyrrole nitrogens is 1. The first-order valence-electron chi connectivity index (χ1n) is 12.9. The predicted octanol–water partition coefficient (Wildman–Crippen LogP) is 4.73. The normalized spacial score (nSPS) is 11.4. The summed E-state index contributed by atoms with van der Waals surface area (Å²) in [6.07, 6.45) is 1.08. The fourth-order valence-electron chi connectivity index (χ4n) is 4.45. The smallest absolute Gasteiger partial charge is 0.281 e. The van der Waals surface area contributed by atoms with Gasteiger partial charge < -0.3 is 15.0 Å². The van der Waals surface area contributed by atoms with E-state index in [0.29, 0.717) is 30.5 Å². The SMILES string of the molecule is Cc1cc(OCCCc2c(C(=O)NS(=O)(=O)CCNC(=O)c3ccccc3F)[nH]c3ccccc23)cc(C)c1C. The van der Waals surface area contributed by atoms with Crippen molar-refractivity contribution in [2.24, 2.45) is 0 Å². The van der Waals surface area contributed by atoms with Gasteiger partial charge in [-0.3, -0.25) is 9.59 Å². The zero-order valence-corrected chi connectivity index (χ0v) is 23.5. The van der Waals surface area contributed by atoms with Crippen LogP contribution in [0, 0.1) is 26.6 Å². The van der Waals surface area contributed by atoms with Crippen LogP contribution in [0.1, 0.15) is 49.5 Å². The standard InChI is InChI=1S/C30H32FN3O5S/c1-19-17-22(18-20(2)21(19)3)39-15-8-11-24-23-9-5-7-13-27(23)33-28(24)30(36)34-40(37,38)16-14-32-29(35)25-10-4-6-12-26(25)31/h4-7,9-10,12-13,17-18,33H,8,11,14-16H2,1-3H3,(H,32,35)(H,34,36). The molecule has 0 aliphatic rings. The number of aromatic amines is 1. The number of hydrogen-bond acceptors (Lipinski definition) is 5. The molecule has 4 aromatic rings. The maximum atomic E-state index is 13.8. The summed E-state index contributed by atoms with van der Waals surface area (Å²) in [7, 11) is -4.10. The molecule has 3 N–H and O–H groups in total. The quantitative estimate of drug-likeness (QED) is 0.227. The molecule has 0 radical (unpaired) electrons. The van der Waals surface area contributed by atoms with Crippen LogP contribution in [0.5, 0.6) is 5.75 Å². The van der Waals surface area contributed by atoms with Crippen molar-refractivity contribution in [2.45, 2.75) is 33.6 Å². The molecule has 3 aromatic carbocycles. The average molecular weight is 566 g/mol. The molecule has 0 bridgehead atoms. The highest BCUT2D eigenvalue weighted by molar-refractivity contribution is 7.90. The fourth-order valence-corrected chi connectivity index (χ4v) is 5.31. The van der Waals surface area contributed by atoms with E-state index in [0.717, 1.165) is 28.3 Å². The van der Waals surface area contributed by atoms with Crippen LogP contribution in [0.3, 0.4) is 0 Å². The van der Waals surface area contributed by atoms with Crippen molar-refractivity contribution >= 4 is 32.7 Å². The first-order chi connectivity index (χ1) is 19.1. The van der Waals surface area contributed by atoms with Gasteiger partial charge in [0.25, 0.3) is 11.8 Å². The van der Waals surface area contributed by atoms with Crippen LogP contribution >= 0.6 is 0 Å². The topological polar surface area (TPSA) is 117 Å². The lowest BCUT2D eigenvalue weighted by atomic mass is 10.0. The molecular weight excluding hydrogens is 533 g/mol. The Morgan fingerprint density at radius 1 is 0.950 bits per heavy atom. The van der Waals surface area contributed by atoms with Crippen LogP contribution in [-0.2, 0) is 16.4 Å². The second-order valence-corrected chi connectivity index (χ2v) is 11.5. The lowest BCUT2D eigenvalue weighted by Crippen LogP contribution is -2.38. The molecular formula is C30H32FN3O5S. The van der Waals surface area contributed by atoms with Crippen molar-refractivity contribution in [1.29, 1.82) is 0 Å². The predicted molar refractivity (Wildman–Crippen MR) is 153 cm³/mol. The molecule has 10 heteroatoms. The molecule has 1 aromatic heterocycles. The number of para-hydroxylation sites is 1. The van der Waals surface area contributed by atoms with Crippen LogP contribution < -0.4 is 14.8 Å². The Bertz CT molecular complexity index is 1640. The maximum Gasteiger partial charge on any atom is 0.281 e. The third-order valence-corrected chi connectivity index (χ3v) is 8.04. The Kier molecular flexibility index (Phi) is 8.89. The third-order valence-electron chi connectivity index (χ3n) is 6.80. The Morgan fingerprint density at radius 3 is 2.35 bits per heavy atom. The number of sulfonamides is 1. The first kappa shape index (κ1) is 28.8. The molecule has 0 aliphatic heterocycles. The van der Waals surface area contributed by atoms with Crippen molar-refractivity contribution in [3.63, 3.8) is 0 Å². The monoisotopic (exact) mass is 565 g/mol. The van der Waals surface area contributed by atoms with E-state index in [1.165, 1.54) is 23.8 Å². The summed E-state index contributed by atoms with van der Waals surface area (Å²) >= 11 is 0. The van der Waals surface area contributed by atoms with Crippen molar-refractivity contribution in [3.8, 4) is 5.75 Å². The summed E-state index contributed by atoms with van der Waals surface area (Å²) in [5.74, 6) is -2.02. The molecule has 40 heavy (non-hydrogen) atoms. The molecule has 0 aliphatic carbocycles. The number of nitrogens with one attached hydrogen (secondary N) is 3. The Balaban J connectivity index is 1.39. The van der Waals surface area contributed by atoms with Crippen LogP contribution in [-0.4, -0.2) is 44.1 Å². The number of fused-ring (bicyclic) bond motifs is 1. The summed E-state index contributed by atoms with van der Waals surface area (Å²) in [4.78, 5) is 28.3. The lowest BCUT2D eigenvalue weighted by Gasteiger charge is -2.11. The second kappa shape index (κ2) is 12.3. The van der Waals surface area contributed by atoms with Crippen LogP contribution in [0.4, 0.5) is 4.39 Å². The largest absolute Gasteiger partial charge is 0.494 e. The van der Waals surface area contributed by atoms with E-state index >= 15 is 0 Å².